The second-order valence-electron chi connectivity index (χ2n) is 3.58. The Morgan fingerprint density at radius 1 is 1.44 bits per heavy atom. The van der Waals surface area contributed by atoms with Gasteiger partial charge in [-0.15, -0.1) is 0 Å². The van der Waals surface area contributed by atoms with Crippen LogP contribution in [0.1, 0.15) is 11.3 Å². The van der Waals surface area contributed by atoms with Crippen LogP contribution in [0.4, 0.5) is 11.6 Å². The van der Waals surface area contributed by atoms with Gasteiger partial charge in [0.1, 0.15) is 18.0 Å². The summed E-state index contributed by atoms with van der Waals surface area (Å²) in [6, 6.07) is 1.88. The van der Waals surface area contributed by atoms with Crippen LogP contribution in [0.3, 0.4) is 0 Å². The maximum absolute atomic E-state index is 5.82. The predicted octanol–water partition coefficient (Wildman–Crippen LogP) is 0.713. The molecule has 2 heterocycles. The Kier molecular flexibility index (Phi) is 2.72. The van der Waals surface area contributed by atoms with Crippen LogP contribution in [-0.2, 0) is 13.6 Å². The quantitative estimate of drug-likeness (QED) is 0.793. The second-order valence-corrected chi connectivity index (χ2v) is 3.58. The molecule has 0 saturated heterocycles. The van der Waals surface area contributed by atoms with E-state index in [4.69, 9.17) is 5.73 Å². The lowest BCUT2D eigenvalue weighted by molar-refractivity contribution is 0.778. The number of nitrogen functional groups attached to an aromatic ring is 1. The van der Waals surface area contributed by atoms with Crippen molar-refractivity contribution >= 4 is 11.6 Å². The van der Waals surface area contributed by atoms with E-state index in [1.807, 2.05) is 20.0 Å². The number of nitrogens with two attached hydrogens (primary N) is 1. The molecular formula is C10H14N6. The van der Waals surface area contributed by atoms with Crippen LogP contribution in [0.5, 0.6) is 0 Å². The van der Waals surface area contributed by atoms with Gasteiger partial charge in [0.2, 0.25) is 0 Å². The number of hydrogen-bond acceptors (Lipinski definition) is 5. The third kappa shape index (κ3) is 2.10. The summed E-state index contributed by atoms with van der Waals surface area (Å²) in [7, 11) is 1.81. The molecule has 0 spiro atoms. The Labute approximate surface area is 93.5 Å². The zero-order chi connectivity index (χ0) is 11.5. The van der Waals surface area contributed by atoms with Crippen LogP contribution in [0.15, 0.2) is 18.6 Å². The first kappa shape index (κ1) is 10.4. The number of nitrogens with one attached hydrogen (secondary N) is 1. The van der Waals surface area contributed by atoms with Crippen molar-refractivity contribution in [3.8, 4) is 0 Å². The fourth-order valence-electron chi connectivity index (χ4n) is 1.37. The molecule has 2 aromatic rings. The van der Waals surface area contributed by atoms with Crippen molar-refractivity contribution in [2.24, 2.45) is 7.05 Å². The maximum atomic E-state index is 5.82. The van der Waals surface area contributed by atoms with Gasteiger partial charge in [0.15, 0.2) is 0 Å². The van der Waals surface area contributed by atoms with E-state index in [0.29, 0.717) is 12.4 Å². The summed E-state index contributed by atoms with van der Waals surface area (Å²) in [5, 5.41) is 7.24. The summed E-state index contributed by atoms with van der Waals surface area (Å²) in [5.74, 6) is 1.45. The average Bonchev–Trinajstić information content (AvgIpc) is 2.57. The van der Waals surface area contributed by atoms with Crippen LogP contribution in [0.2, 0.25) is 0 Å². The van der Waals surface area contributed by atoms with Crippen molar-refractivity contribution in [1.82, 2.24) is 19.7 Å². The summed E-state index contributed by atoms with van der Waals surface area (Å²) >= 11 is 0. The van der Waals surface area contributed by atoms with E-state index in [-0.39, 0.29) is 0 Å². The molecule has 0 fully saturated rings. The molecule has 0 saturated carbocycles. The van der Waals surface area contributed by atoms with E-state index in [9.17, 15) is 0 Å². The monoisotopic (exact) mass is 218 g/mol. The molecule has 6 heteroatoms. The fourth-order valence-corrected chi connectivity index (χ4v) is 1.37. The van der Waals surface area contributed by atoms with Crippen LogP contribution >= 0.6 is 0 Å². The van der Waals surface area contributed by atoms with Gasteiger partial charge in [-0.3, -0.25) is 4.68 Å². The lowest BCUT2D eigenvalue weighted by Gasteiger charge is -2.05. The summed E-state index contributed by atoms with van der Waals surface area (Å²) in [6.07, 6.45) is 3.28. The standard InChI is InChI=1S/C10H14N6/c1-7-3-9(14-6-13-7)12-4-8-5-15-16(2)10(8)11/h3,5-6H,4,11H2,1-2H3,(H,12,13,14). The highest BCUT2D eigenvalue weighted by molar-refractivity contribution is 5.42. The fraction of sp³-hybridized carbons (Fsp3) is 0.300. The third-order valence-electron chi connectivity index (χ3n) is 2.33. The summed E-state index contributed by atoms with van der Waals surface area (Å²) in [4.78, 5) is 8.13. The van der Waals surface area contributed by atoms with Crippen LogP contribution in [0, 0.1) is 6.92 Å². The minimum absolute atomic E-state index is 0.607. The largest absolute Gasteiger partial charge is 0.384 e. The minimum Gasteiger partial charge on any atom is -0.384 e. The maximum Gasteiger partial charge on any atom is 0.129 e. The summed E-state index contributed by atoms with van der Waals surface area (Å²) in [6.45, 7) is 2.53. The normalized spacial score (nSPS) is 10.4. The molecule has 6 nitrogen and oxygen atoms in total. The summed E-state index contributed by atoms with van der Waals surface area (Å²) in [5.41, 5.74) is 7.71. The van der Waals surface area contributed by atoms with E-state index in [1.165, 1.54) is 6.33 Å². The Morgan fingerprint density at radius 3 is 2.88 bits per heavy atom. The van der Waals surface area contributed by atoms with E-state index in [0.717, 1.165) is 17.1 Å². The molecule has 0 aliphatic carbocycles. The van der Waals surface area contributed by atoms with Crippen LogP contribution in [-0.4, -0.2) is 19.7 Å². The molecule has 0 aromatic carbocycles. The number of aromatic nitrogens is 4. The average molecular weight is 218 g/mol. The van der Waals surface area contributed by atoms with E-state index < -0.39 is 0 Å². The molecule has 0 atom stereocenters. The van der Waals surface area contributed by atoms with E-state index in [2.05, 4.69) is 20.4 Å². The van der Waals surface area contributed by atoms with Gasteiger partial charge in [0.05, 0.1) is 6.20 Å². The Hall–Kier alpha value is -2.11. The number of anilines is 2. The minimum atomic E-state index is 0.607. The van der Waals surface area contributed by atoms with E-state index >= 15 is 0 Å². The van der Waals surface area contributed by atoms with Crippen molar-refractivity contribution in [3.05, 3.63) is 29.8 Å². The molecule has 0 unspecified atom stereocenters. The van der Waals surface area contributed by atoms with Crippen molar-refractivity contribution in [2.75, 3.05) is 11.1 Å². The van der Waals surface area contributed by atoms with Gasteiger partial charge in [-0.1, -0.05) is 0 Å². The molecule has 0 aliphatic heterocycles. The molecule has 2 rings (SSSR count). The van der Waals surface area contributed by atoms with Gasteiger partial charge < -0.3 is 11.1 Å². The van der Waals surface area contributed by atoms with Crippen molar-refractivity contribution in [2.45, 2.75) is 13.5 Å². The topological polar surface area (TPSA) is 81.7 Å². The Balaban J connectivity index is 2.05. The lowest BCUT2D eigenvalue weighted by atomic mass is 10.3. The van der Waals surface area contributed by atoms with Gasteiger partial charge in [-0.25, -0.2) is 9.97 Å². The Bertz CT molecular complexity index is 490. The molecule has 0 amide bonds. The first-order chi connectivity index (χ1) is 7.66. The second kappa shape index (κ2) is 4.18. The van der Waals surface area contributed by atoms with E-state index in [1.54, 1.807) is 10.9 Å². The third-order valence-corrected chi connectivity index (χ3v) is 2.33. The van der Waals surface area contributed by atoms with Crippen molar-refractivity contribution in [3.63, 3.8) is 0 Å². The lowest BCUT2D eigenvalue weighted by Crippen LogP contribution is -2.05. The Morgan fingerprint density at radius 2 is 2.25 bits per heavy atom. The molecule has 3 N–H and O–H groups in total. The molecule has 0 aliphatic rings. The smallest absolute Gasteiger partial charge is 0.129 e. The van der Waals surface area contributed by atoms with Gasteiger partial charge in [-0.05, 0) is 6.92 Å². The highest BCUT2D eigenvalue weighted by Gasteiger charge is 2.04. The first-order valence-electron chi connectivity index (χ1n) is 4.95. The molecule has 16 heavy (non-hydrogen) atoms. The van der Waals surface area contributed by atoms with Crippen LogP contribution in [0.25, 0.3) is 0 Å². The predicted molar refractivity (Wildman–Crippen MR) is 61.7 cm³/mol. The SMILES string of the molecule is Cc1cc(NCc2cnn(C)c2N)ncn1. The first-order valence-corrected chi connectivity index (χ1v) is 4.95. The molecular weight excluding hydrogens is 204 g/mol. The van der Waals surface area contributed by atoms with Crippen molar-refractivity contribution in [1.29, 1.82) is 0 Å². The van der Waals surface area contributed by atoms with Gasteiger partial charge in [0, 0.05) is 30.9 Å². The molecule has 0 radical (unpaired) electrons. The van der Waals surface area contributed by atoms with Gasteiger partial charge >= 0.3 is 0 Å². The molecule has 2 aromatic heterocycles. The highest BCUT2D eigenvalue weighted by atomic mass is 15.3. The number of rotatable bonds is 3. The summed E-state index contributed by atoms with van der Waals surface area (Å²) < 4.78 is 1.64. The van der Waals surface area contributed by atoms with Crippen molar-refractivity contribution < 1.29 is 0 Å². The van der Waals surface area contributed by atoms with Crippen LogP contribution < -0.4 is 11.1 Å². The van der Waals surface area contributed by atoms with Gasteiger partial charge in [-0.2, -0.15) is 5.10 Å². The highest BCUT2D eigenvalue weighted by Crippen LogP contribution is 2.11. The van der Waals surface area contributed by atoms with Gasteiger partial charge in [0.25, 0.3) is 0 Å². The number of hydrogen-bond donors (Lipinski definition) is 2. The number of aryl methyl sites for hydroxylation is 2. The molecule has 84 valence electrons. The zero-order valence-corrected chi connectivity index (χ0v) is 9.31. The molecule has 0 bridgehead atoms. The zero-order valence-electron chi connectivity index (χ0n) is 9.31. The number of nitrogens with zero attached hydrogens (tertiary/aromatic N) is 4.